The number of nitrogens with one attached hydrogen (secondary N) is 2. The Morgan fingerprint density at radius 1 is 1.32 bits per heavy atom. The molecule has 0 radical (unpaired) electrons. The van der Waals surface area contributed by atoms with Crippen molar-refractivity contribution in [1.29, 1.82) is 0 Å². The Morgan fingerprint density at radius 2 is 2.00 bits per heavy atom. The van der Waals surface area contributed by atoms with E-state index in [0.717, 1.165) is 24.3 Å². The summed E-state index contributed by atoms with van der Waals surface area (Å²) in [5, 5.41) is 6.40. The average Bonchev–Trinajstić information content (AvgIpc) is 2.51. The molecule has 1 aliphatic rings. The van der Waals surface area contributed by atoms with Crippen molar-refractivity contribution in [2.24, 2.45) is 5.92 Å². The number of amides is 1. The van der Waals surface area contributed by atoms with Gasteiger partial charge in [-0.3, -0.25) is 4.79 Å². The predicted octanol–water partition coefficient (Wildman–Crippen LogP) is 2.05. The fraction of sp³-hybridized carbons (Fsp3) is 0.588. The number of hydrogen-bond acceptors (Lipinski definition) is 4. The van der Waals surface area contributed by atoms with E-state index in [9.17, 15) is 4.79 Å². The van der Waals surface area contributed by atoms with Crippen LogP contribution in [0.5, 0.6) is 11.5 Å². The van der Waals surface area contributed by atoms with Crippen molar-refractivity contribution in [2.75, 3.05) is 27.3 Å². The predicted molar refractivity (Wildman–Crippen MR) is 86.5 cm³/mol. The van der Waals surface area contributed by atoms with Crippen LogP contribution in [0.4, 0.5) is 0 Å². The van der Waals surface area contributed by atoms with E-state index >= 15 is 0 Å². The normalized spacial score (nSPS) is 17.0. The summed E-state index contributed by atoms with van der Waals surface area (Å²) in [5.41, 5.74) is 2.35. The number of rotatable bonds is 6. The summed E-state index contributed by atoms with van der Waals surface area (Å²) in [4.78, 5) is 12.1. The molecule has 2 rings (SSSR count). The van der Waals surface area contributed by atoms with Gasteiger partial charge in [-0.2, -0.15) is 0 Å². The first-order valence-corrected chi connectivity index (χ1v) is 7.80. The summed E-state index contributed by atoms with van der Waals surface area (Å²) >= 11 is 0. The molecular formula is C17H26N2O3. The topological polar surface area (TPSA) is 59.6 Å². The number of ether oxygens (including phenoxy) is 2. The van der Waals surface area contributed by atoms with Gasteiger partial charge >= 0.3 is 0 Å². The van der Waals surface area contributed by atoms with Gasteiger partial charge in [0.25, 0.3) is 0 Å². The van der Waals surface area contributed by atoms with Crippen molar-refractivity contribution in [3.63, 3.8) is 0 Å². The maximum Gasteiger partial charge on any atom is 0.221 e. The lowest BCUT2D eigenvalue weighted by molar-refractivity contribution is -0.121. The quantitative estimate of drug-likeness (QED) is 0.844. The molecule has 1 heterocycles. The number of carbonyl (C=O) groups excluding carboxylic acids is 1. The maximum atomic E-state index is 12.1. The van der Waals surface area contributed by atoms with Crippen LogP contribution in [0.25, 0.3) is 0 Å². The highest BCUT2D eigenvalue weighted by Crippen LogP contribution is 2.36. The van der Waals surface area contributed by atoms with Gasteiger partial charge in [-0.1, -0.05) is 13.8 Å². The van der Waals surface area contributed by atoms with Gasteiger partial charge in [0.05, 0.1) is 14.2 Å². The van der Waals surface area contributed by atoms with Gasteiger partial charge in [0.1, 0.15) is 0 Å². The van der Waals surface area contributed by atoms with E-state index in [2.05, 4.69) is 24.5 Å². The first-order valence-electron chi connectivity index (χ1n) is 7.80. The van der Waals surface area contributed by atoms with E-state index in [1.54, 1.807) is 14.2 Å². The van der Waals surface area contributed by atoms with Crippen LogP contribution >= 0.6 is 0 Å². The molecule has 0 unspecified atom stereocenters. The smallest absolute Gasteiger partial charge is 0.221 e. The zero-order valence-electron chi connectivity index (χ0n) is 13.9. The minimum atomic E-state index is 0.0238. The van der Waals surface area contributed by atoms with Crippen LogP contribution in [0.3, 0.4) is 0 Å². The van der Waals surface area contributed by atoms with Gasteiger partial charge in [-0.25, -0.2) is 0 Å². The van der Waals surface area contributed by atoms with Crippen LogP contribution in [0, 0.1) is 5.92 Å². The summed E-state index contributed by atoms with van der Waals surface area (Å²) in [5.74, 6) is 1.98. The molecule has 2 N–H and O–H groups in total. The van der Waals surface area contributed by atoms with Crippen molar-refractivity contribution in [3.8, 4) is 11.5 Å². The van der Waals surface area contributed by atoms with Crippen LogP contribution in [-0.2, 0) is 11.2 Å². The SMILES string of the molecule is COc1cc2c(cc1OC)[C@H](CC(=O)NCC(C)C)NCC2. The molecule has 0 aliphatic carbocycles. The van der Waals surface area contributed by atoms with E-state index < -0.39 is 0 Å². The van der Waals surface area contributed by atoms with Gasteiger partial charge in [0.2, 0.25) is 5.91 Å². The molecule has 122 valence electrons. The number of methoxy groups -OCH3 is 2. The largest absolute Gasteiger partial charge is 0.493 e. The van der Waals surface area contributed by atoms with Gasteiger partial charge in [-0.15, -0.1) is 0 Å². The first-order chi connectivity index (χ1) is 10.5. The maximum absolute atomic E-state index is 12.1. The monoisotopic (exact) mass is 306 g/mol. The summed E-state index contributed by atoms with van der Waals surface area (Å²) in [7, 11) is 3.27. The van der Waals surface area contributed by atoms with E-state index in [4.69, 9.17) is 9.47 Å². The molecule has 0 saturated carbocycles. The highest BCUT2D eigenvalue weighted by atomic mass is 16.5. The third-order valence-electron chi connectivity index (χ3n) is 3.90. The molecule has 5 nitrogen and oxygen atoms in total. The molecule has 1 aromatic rings. The Labute approximate surface area is 132 Å². The van der Waals surface area contributed by atoms with E-state index in [0.29, 0.717) is 24.6 Å². The zero-order chi connectivity index (χ0) is 16.1. The average molecular weight is 306 g/mol. The Kier molecular flexibility index (Phi) is 5.66. The van der Waals surface area contributed by atoms with E-state index in [1.807, 2.05) is 12.1 Å². The second-order valence-corrected chi connectivity index (χ2v) is 6.06. The summed E-state index contributed by atoms with van der Waals surface area (Å²) < 4.78 is 10.7. The van der Waals surface area contributed by atoms with Crippen LogP contribution in [-0.4, -0.2) is 33.2 Å². The third-order valence-corrected chi connectivity index (χ3v) is 3.90. The molecule has 1 atom stereocenters. The molecule has 0 saturated heterocycles. The molecule has 1 aromatic carbocycles. The number of benzene rings is 1. The molecule has 0 bridgehead atoms. The van der Waals surface area contributed by atoms with Gasteiger partial charge < -0.3 is 20.1 Å². The fourth-order valence-corrected chi connectivity index (χ4v) is 2.73. The van der Waals surface area contributed by atoms with Crippen molar-refractivity contribution in [1.82, 2.24) is 10.6 Å². The number of fused-ring (bicyclic) bond motifs is 1. The molecule has 22 heavy (non-hydrogen) atoms. The second-order valence-electron chi connectivity index (χ2n) is 6.06. The number of hydrogen-bond donors (Lipinski definition) is 2. The minimum Gasteiger partial charge on any atom is -0.493 e. The lowest BCUT2D eigenvalue weighted by Gasteiger charge is -2.28. The zero-order valence-corrected chi connectivity index (χ0v) is 13.9. The van der Waals surface area contributed by atoms with Crippen LogP contribution in [0.2, 0.25) is 0 Å². The fourth-order valence-electron chi connectivity index (χ4n) is 2.73. The van der Waals surface area contributed by atoms with Crippen molar-refractivity contribution < 1.29 is 14.3 Å². The Bertz CT molecular complexity index is 529. The van der Waals surface area contributed by atoms with Gasteiger partial charge in [-0.05, 0) is 42.1 Å². The third kappa shape index (κ3) is 3.91. The molecule has 0 spiro atoms. The molecule has 1 aliphatic heterocycles. The Balaban J connectivity index is 2.15. The van der Waals surface area contributed by atoms with E-state index in [-0.39, 0.29) is 11.9 Å². The van der Waals surface area contributed by atoms with Crippen LogP contribution in [0.1, 0.15) is 37.4 Å². The first kappa shape index (κ1) is 16.6. The van der Waals surface area contributed by atoms with Crippen molar-refractivity contribution in [3.05, 3.63) is 23.3 Å². The summed E-state index contributed by atoms with van der Waals surface area (Å²) in [6, 6.07) is 4.03. The minimum absolute atomic E-state index is 0.0238. The van der Waals surface area contributed by atoms with Crippen molar-refractivity contribution >= 4 is 5.91 Å². The lowest BCUT2D eigenvalue weighted by Crippen LogP contribution is -2.35. The van der Waals surface area contributed by atoms with Crippen molar-refractivity contribution in [2.45, 2.75) is 32.7 Å². The number of carbonyl (C=O) groups is 1. The summed E-state index contributed by atoms with van der Waals surface area (Å²) in [6.07, 6.45) is 1.37. The highest BCUT2D eigenvalue weighted by Gasteiger charge is 2.24. The lowest BCUT2D eigenvalue weighted by atomic mass is 9.91. The Morgan fingerprint density at radius 3 is 2.64 bits per heavy atom. The highest BCUT2D eigenvalue weighted by molar-refractivity contribution is 5.77. The Hall–Kier alpha value is -1.75. The molecular weight excluding hydrogens is 280 g/mol. The standard InChI is InChI=1S/C17H26N2O3/c1-11(2)10-19-17(20)9-14-13-8-16(22-4)15(21-3)7-12(13)5-6-18-14/h7-8,11,14,18H,5-6,9-10H2,1-4H3,(H,19,20)/t14-/m0/s1. The van der Waals surface area contributed by atoms with Crippen LogP contribution in [0.15, 0.2) is 12.1 Å². The van der Waals surface area contributed by atoms with E-state index in [1.165, 1.54) is 5.56 Å². The second kappa shape index (κ2) is 7.49. The molecule has 0 fully saturated rings. The van der Waals surface area contributed by atoms with Gasteiger partial charge in [0, 0.05) is 19.0 Å². The van der Waals surface area contributed by atoms with Gasteiger partial charge in [0.15, 0.2) is 11.5 Å². The molecule has 0 aromatic heterocycles. The summed E-state index contributed by atoms with van der Waals surface area (Å²) in [6.45, 7) is 5.76. The molecule has 5 heteroatoms. The molecule has 1 amide bonds. The van der Waals surface area contributed by atoms with Crippen LogP contribution < -0.4 is 20.1 Å².